The van der Waals surface area contributed by atoms with Gasteiger partial charge in [-0.1, -0.05) is 13.8 Å². The first kappa shape index (κ1) is 11.6. The minimum absolute atomic E-state index is 0.000556. The second-order valence-corrected chi connectivity index (χ2v) is 3.66. The molecule has 0 bridgehead atoms. The summed E-state index contributed by atoms with van der Waals surface area (Å²) in [6, 6.07) is -1.14. The maximum absolute atomic E-state index is 10.9. The van der Waals surface area contributed by atoms with Gasteiger partial charge in [0.15, 0.2) is 11.9 Å². The van der Waals surface area contributed by atoms with Crippen LogP contribution >= 0.6 is 0 Å². The first-order valence-electron chi connectivity index (χ1n) is 4.63. The molecule has 1 aromatic heterocycles. The molecule has 2 unspecified atom stereocenters. The van der Waals surface area contributed by atoms with E-state index in [1.165, 1.54) is 6.92 Å². The summed E-state index contributed by atoms with van der Waals surface area (Å²) in [6.07, 6.45) is -1.05. The van der Waals surface area contributed by atoms with Crippen molar-refractivity contribution < 1.29 is 15.0 Å². The van der Waals surface area contributed by atoms with Crippen LogP contribution in [-0.4, -0.2) is 42.5 Å². The summed E-state index contributed by atoms with van der Waals surface area (Å²) >= 11 is 0. The third-order valence-corrected chi connectivity index (χ3v) is 2.01. The summed E-state index contributed by atoms with van der Waals surface area (Å²) < 4.78 is 1.15. The molecule has 0 aliphatic carbocycles. The molecule has 7 heteroatoms. The van der Waals surface area contributed by atoms with Crippen LogP contribution in [0.1, 0.15) is 38.6 Å². The number of carbonyl (C=O) groups is 1. The smallest absolute Gasteiger partial charge is 0.331 e. The van der Waals surface area contributed by atoms with Crippen molar-refractivity contribution in [1.29, 1.82) is 0 Å². The number of carboxylic acid groups (broad SMARTS) is 1. The fourth-order valence-corrected chi connectivity index (χ4v) is 1.29. The lowest BCUT2D eigenvalue weighted by atomic mass is 10.1. The number of aromatic nitrogens is 4. The van der Waals surface area contributed by atoms with Gasteiger partial charge >= 0.3 is 5.97 Å². The molecular weight excluding hydrogens is 200 g/mol. The predicted molar refractivity (Wildman–Crippen MR) is 50.3 cm³/mol. The maximum atomic E-state index is 10.9. The fourth-order valence-electron chi connectivity index (χ4n) is 1.29. The van der Waals surface area contributed by atoms with Crippen LogP contribution in [-0.2, 0) is 4.79 Å². The molecule has 0 saturated carbocycles. The van der Waals surface area contributed by atoms with Crippen LogP contribution in [0.25, 0.3) is 0 Å². The normalized spacial score (nSPS) is 15.3. The molecule has 0 aliphatic heterocycles. The summed E-state index contributed by atoms with van der Waals surface area (Å²) in [6.45, 7) is 5.09. The summed E-state index contributed by atoms with van der Waals surface area (Å²) in [7, 11) is 0. The molecule has 0 saturated heterocycles. The molecule has 1 rings (SSSR count). The van der Waals surface area contributed by atoms with Crippen LogP contribution in [0.5, 0.6) is 0 Å². The number of aliphatic hydroxyl groups excluding tert-OH is 1. The summed E-state index contributed by atoms with van der Waals surface area (Å²) in [4.78, 5) is 10.9. The first-order chi connectivity index (χ1) is 6.95. The topological polar surface area (TPSA) is 101 Å². The molecule has 0 amide bonds. The highest BCUT2D eigenvalue weighted by molar-refractivity contribution is 5.72. The summed E-state index contributed by atoms with van der Waals surface area (Å²) in [5, 5.41) is 29.1. The Morgan fingerprint density at radius 1 is 1.40 bits per heavy atom. The Balaban J connectivity index is 3.11. The van der Waals surface area contributed by atoms with E-state index < -0.39 is 18.1 Å². The van der Waals surface area contributed by atoms with Gasteiger partial charge in [-0.2, -0.15) is 0 Å². The largest absolute Gasteiger partial charge is 0.480 e. The molecule has 0 radical (unpaired) electrons. The number of tetrazole rings is 1. The Hall–Kier alpha value is -1.50. The third-order valence-electron chi connectivity index (χ3n) is 2.01. The molecule has 0 fully saturated rings. The number of nitrogens with zero attached hydrogens (tertiary/aromatic N) is 4. The molecule has 0 aromatic carbocycles. The monoisotopic (exact) mass is 214 g/mol. The summed E-state index contributed by atoms with van der Waals surface area (Å²) in [5.41, 5.74) is 0. The van der Waals surface area contributed by atoms with Gasteiger partial charge in [-0.25, -0.2) is 9.48 Å². The van der Waals surface area contributed by atoms with Crippen molar-refractivity contribution in [2.24, 2.45) is 0 Å². The van der Waals surface area contributed by atoms with Gasteiger partial charge in [0.25, 0.3) is 0 Å². The van der Waals surface area contributed by atoms with Crippen molar-refractivity contribution in [1.82, 2.24) is 20.2 Å². The molecule has 2 N–H and O–H groups in total. The lowest BCUT2D eigenvalue weighted by Gasteiger charge is -2.17. The van der Waals surface area contributed by atoms with Crippen molar-refractivity contribution in [2.75, 3.05) is 0 Å². The second kappa shape index (κ2) is 4.35. The van der Waals surface area contributed by atoms with E-state index in [1.54, 1.807) is 0 Å². The number of carboxylic acids is 1. The number of rotatable bonds is 4. The van der Waals surface area contributed by atoms with E-state index in [0.29, 0.717) is 5.82 Å². The van der Waals surface area contributed by atoms with Crippen molar-refractivity contribution in [3.63, 3.8) is 0 Å². The van der Waals surface area contributed by atoms with Crippen molar-refractivity contribution in [3.05, 3.63) is 5.82 Å². The number of aliphatic hydroxyl groups is 1. The first-order valence-corrected chi connectivity index (χ1v) is 4.63. The predicted octanol–water partition coefficient (Wildman–Crippen LogP) is -0.197. The van der Waals surface area contributed by atoms with Gasteiger partial charge in [0.1, 0.15) is 0 Å². The van der Waals surface area contributed by atoms with Crippen LogP contribution in [0.4, 0.5) is 0 Å². The van der Waals surface area contributed by atoms with E-state index >= 15 is 0 Å². The third kappa shape index (κ3) is 2.30. The van der Waals surface area contributed by atoms with Crippen LogP contribution in [0.2, 0.25) is 0 Å². The Morgan fingerprint density at radius 3 is 2.40 bits per heavy atom. The van der Waals surface area contributed by atoms with E-state index in [4.69, 9.17) is 5.11 Å². The average Bonchev–Trinajstić information content (AvgIpc) is 2.51. The van der Waals surface area contributed by atoms with Crippen molar-refractivity contribution in [3.8, 4) is 0 Å². The van der Waals surface area contributed by atoms with E-state index in [9.17, 15) is 9.90 Å². The van der Waals surface area contributed by atoms with Gasteiger partial charge < -0.3 is 10.2 Å². The Labute approximate surface area is 86.7 Å². The van der Waals surface area contributed by atoms with Crippen LogP contribution in [0.15, 0.2) is 0 Å². The minimum atomic E-state index is -1.15. The molecule has 15 heavy (non-hydrogen) atoms. The van der Waals surface area contributed by atoms with E-state index in [1.807, 2.05) is 13.8 Å². The highest BCUT2D eigenvalue weighted by Crippen LogP contribution is 2.17. The molecule has 84 valence electrons. The highest BCUT2D eigenvalue weighted by Gasteiger charge is 2.29. The number of hydrogen-bond acceptors (Lipinski definition) is 5. The quantitative estimate of drug-likeness (QED) is 0.720. The molecular formula is C8H14N4O3. The van der Waals surface area contributed by atoms with Gasteiger partial charge in [0.05, 0.1) is 6.10 Å². The maximum Gasteiger partial charge on any atom is 0.331 e. The van der Waals surface area contributed by atoms with Gasteiger partial charge in [-0.15, -0.1) is 5.10 Å². The number of aliphatic carboxylic acids is 1. The zero-order valence-electron chi connectivity index (χ0n) is 8.82. The van der Waals surface area contributed by atoms with Gasteiger partial charge in [-0.3, -0.25) is 0 Å². The number of hydrogen-bond donors (Lipinski definition) is 2. The zero-order chi connectivity index (χ0) is 11.6. The Bertz CT molecular complexity index is 347. The lowest BCUT2D eigenvalue weighted by molar-refractivity contribution is -0.144. The minimum Gasteiger partial charge on any atom is -0.480 e. The molecule has 1 aromatic rings. The molecule has 7 nitrogen and oxygen atoms in total. The molecule has 0 aliphatic rings. The Morgan fingerprint density at radius 2 is 2.00 bits per heavy atom. The summed E-state index contributed by atoms with van der Waals surface area (Å²) in [5.74, 6) is -0.705. The Kier molecular flexibility index (Phi) is 3.35. The van der Waals surface area contributed by atoms with E-state index in [0.717, 1.165) is 4.68 Å². The van der Waals surface area contributed by atoms with Crippen molar-refractivity contribution in [2.45, 2.75) is 38.8 Å². The van der Waals surface area contributed by atoms with Gasteiger partial charge in [-0.05, 0) is 17.4 Å². The van der Waals surface area contributed by atoms with Crippen LogP contribution < -0.4 is 0 Å². The highest BCUT2D eigenvalue weighted by atomic mass is 16.4. The molecule has 0 spiro atoms. The van der Waals surface area contributed by atoms with E-state index in [2.05, 4.69) is 15.5 Å². The van der Waals surface area contributed by atoms with Crippen LogP contribution in [0.3, 0.4) is 0 Å². The van der Waals surface area contributed by atoms with E-state index in [-0.39, 0.29) is 5.92 Å². The van der Waals surface area contributed by atoms with Gasteiger partial charge in [0, 0.05) is 5.92 Å². The van der Waals surface area contributed by atoms with Gasteiger partial charge in [0.2, 0.25) is 0 Å². The lowest BCUT2D eigenvalue weighted by Crippen LogP contribution is -2.31. The zero-order valence-corrected chi connectivity index (χ0v) is 8.82. The van der Waals surface area contributed by atoms with Crippen LogP contribution in [0, 0.1) is 0 Å². The molecule has 2 atom stereocenters. The second-order valence-electron chi connectivity index (χ2n) is 3.66. The average molecular weight is 214 g/mol. The van der Waals surface area contributed by atoms with Crippen molar-refractivity contribution >= 4 is 5.97 Å². The fraction of sp³-hybridized carbons (Fsp3) is 0.750. The molecule has 1 heterocycles. The standard InChI is InChI=1S/C8H14N4O3/c1-4(2)7-9-10-11-12(7)6(5(3)13)8(14)15/h4-6,13H,1-3H3,(H,14,15). The SMILES string of the molecule is CC(C)c1nnnn1C(C(=O)O)C(C)O.